The molecule has 0 saturated carbocycles. The zero-order valence-electron chi connectivity index (χ0n) is 10.9. The van der Waals surface area contributed by atoms with Crippen LogP contribution in [-0.4, -0.2) is 24.9 Å². The highest BCUT2D eigenvalue weighted by atomic mass is 79.9. The maximum Gasteiger partial charge on any atom is 0.137 e. The molecule has 0 aliphatic rings. The molecule has 0 aliphatic heterocycles. The van der Waals surface area contributed by atoms with Crippen molar-refractivity contribution >= 4 is 15.9 Å². The molecule has 1 aromatic rings. The van der Waals surface area contributed by atoms with Crippen LogP contribution in [0.4, 0.5) is 0 Å². The summed E-state index contributed by atoms with van der Waals surface area (Å²) < 4.78 is 6.79. The van der Waals surface area contributed by atoms with E-state index < -0.39 is 0 Å². The average Bonchev–Trinajstić information content (AvgIpc) is 2.37. The first kappa shape index (κ1) is 15.5. The van der Waals surface area contributed by atoms with Gasteiger partial charge in [0.1, 0.15) is 5.75 Å². The predicted molar refractivity (Wildman–Crippen MR) is 78.0 cm³/mol. The smallest absolute Gasteiger partial charge is 0.137 e. The number of ether oxygens (including phenoxy) is 1. The van der Waals surface area contributed by atoms with E-state index in [4.69, 9.17) is 9.84 Å². The van der Waals surface area contributed by atoms with E-state index in [1.807, 2.05) is 12.1 Å². The lowest BCUT2D eigenvalue weighted by atomic mass is 10.2. The van der Waals surface area contributed by atoms with E-state index in [2.05, 4.69) is 34.2 Å². The first-order chi connectivity index (χ1) is 8.79. The summed E-state index contributed by atoms with van der Waals surface area (Å²) >= 11 is 3.52. The van der Waals surface area contributed by atoms with E-state index >= 15 is 0 Å². The van der Waals surface area contributed by atoms with E-state index in [1.165, 1.54) is 5.56 Å². The van der Waals surface area contributed by atoms with Crippen molar-refractivity contribution in [3.8, 4) is 5.75 Å². The number of aliphatic hydroxyl groups is 1. The van der Waals surface area contributed by atoms with Gasteiger partial charge in [-0.1, -0.05) is 19.1 Å². The molecule has 0 radical (unpaired) electrons. The van der Waals surface area contributed by atoms with Gasteiger partial charge in [-0.3, -0.25) is 0 Å². The van der Waals surface area contributed by atoms with Gasteiger partial charge in [0.15, 0.2) is 0 Å². The Morgan fingerprint density at radius 3 is 2.89 bits per heavy atom. The fourth-order valence-electron chi connectivity index (χ4n) is 1.64. The molecule has 1 rings (SSSR count). The highest BCUT2D eigenvalue weighted by Gasteiger charge is 2.07. The molecule has 4 heteroatoms. The van der Waals surface area contributed by atoms with E-state index in [9.17, 15) is 0 Å². The van der Waals surface area contributed by atoms with Crippen LogP contribution in [0.1, 0.15) is 31.7 Å². The lowest BCUT2D eigenvalue weighted by molar-refractivity contribution is 0.251. The van der Waals surface area contributed by atoms with Crippen molar-refractivity contribution in [2.75, 3.05) is 19.8 Å². The van der Waals surface area contributed by atoms with Crippen LogP contribution < -0.4 is 10.1 Å². The van der Waals surface area contributed by atoms with Crippen LogP contribution in [0.2, 0.25) is 0 Å². The Bertz CT molecular complexity index is 345. The van der Waals surface area contributed by atoms with Crippen LogP contribution in [0.25, 0.3) is 0 Å². The first-order valence-electron chi connectivity index (χ1n) is 6.51. The number of aliphatic hydroxyl groups excluding tert-OH is 1. The Hall–Kier alpha value is -0.580. The molecule has 102 valence electrons. The molecule has 18 heavy (non-hydrogen) atoms. The summed E-state index contributed by atoms with van der Waals surface area (Å²) in [6.07, 6.45) is 2.79. The van der Waals surface area contributed by atoms with Crippen molar-refractivity contribution in [3.05, 3.63) is 28.2 Å². The Balaban J connectivity index is 2.56. The number of hydrogen-bond donors (Lipinski definition) is 2. The second-order valence-electron chi connectivity index (χ2n) is 4.18. The number of nitrogens with one attached hydrogen (secondary N) is 1. The molecule has 2 N–H and O–H groups in total. The summed E-state index contributed by atoms with van der Waals surface area (Å²) in [6, 6.07) is 6.09. The molecular weight excluding hydrogens is 294 g/mol. The van der Waals surface area contributed by atoms with Gasteiger partial charge in [0.05, 0.1) is 11.1 Å². The van der Waals surface area contributed by atoms with Crippen LogP contribution >= 0.6 is 15.9 Å². The van der Waals surface area contributed by atoms with Crippen molar-refractivity contribution in [3.63, 3.8) is 0 Å². The summed E-state index contributed by atoms with van der Waals surface area (Å²) in [5.41, 5.74) is 1.17. The van der Waals surface area contributed by atoms with Gasteiger partial charge >= 0.3 is 0 Å². The maximum absolute atomic E-state index is 8.74. The molecule has 0 aliphatic carbocycles. The monoisotopic (exact) mass is 315 g/mol. The number of rotatable bonds is 9. The Morgan fingerprint density at radius 1 is 1.33 bits per heavy atom. The molecule has 0 aromatic heterocycles. The zero-order chi connectivity index (χ0) is 13.2. The fraction of sp³-hybridized carbons (Fsp3) is 0.571. The summed E-state index contributed by atoms with van der Waals surface area (Å²) in [5, 5.41) is 12.1. The Morgan fingerprint density at radius 2 is 2.17 bits per heavy atom. The van der Waals surface area contributed by atoms with Gasteiger partial charge in [0, 0.05) is 18.7 Å². The molecule has 0 bridgehead atoms. The number of unbranched alkanes of at least 4 members (excludes halogenated alkanes) is 1. The van der Waals surface area contributed by atoms with Crippen molar-refractivity contribution in [1.82, 2.24) is 5.32 Å². The quantitative estimate of drug-likeness (QED) is 0.688. The Labute approximate surface area is 118 Å². The SMILES string of the molecule is CCCNCc1cccc(Br)c1OCCCCO. The number of hydrogen-bond acceptors (Lipinski definition) is 3. The van der Waals surface area contributed by atoms with Crippen LogP contribution in [0.15, 0.2) is 22.7 Å². The minimum atomic E-state index is 0.226. The van der Waals surface area contributed by atoms with Crippen molar-refractivity contribution in [1.29, 1.82) is 0 Å². The van der Waals surface area contributed by atoms with E-state index in [0.29, 0.717) is 6.61 Å². The van der Waals surface area contributed by atoms with Crippen molar-refractivity contribution in [2.24, 2.45) is 0 Å². The lowest BCUT2D eigenvalue weighted by Crippen LogP contribution is -2.15. The van der Waals surface area contributed by atoms with Gasteiger partial charge in [0.25, 0.3) is 0 Å². The van der Waals surface area contributed by atoms with Crippen molar-refractivity contribution in [2.45, 2.75) is 32.7 Å². The average molecular weight is 316 g/mol. The molecule has 0 fully saturated rings. The van der Waals surface area contributed by atoms with Crippen LogP contribution in [0.3, 0.4) is 0 Å². The largest absolute Gasteiger partial charge is 0.492 e. The van der Waals surface area contributed by atoms with Gasteiger partial charge in [0.2, 0.25) is 0 Å². The van der Waals surface area contributed by atoms with Gasteiger partial charge in [-0.25, -0.2) is 0 Å². The molecule has 0 amide bonds. The third-order valence-electron chi connectivity index (χ3n) is 2.59. The van der Waals surface area contributed by atoms with Gasteiger partial charge in [-0.2, -0.15) is 0 Å². The lowest BCUT2D eigenvalue weighted by Gasteiger charge is -2.13. The molecular formula is C14H22BrNO2. The third kappa shape index (κ3) is 5.38. The first-order valence-corrected chi connectivity index (χ1v) is 7.30. The molecule has 0 saturated heterocycles. The normalized spacial score (nSPS) is 10.6. The molecule has 0 unspecified atom stereocenters. The minimum absolute atomic E-state index is 0.226. The highest BCUT2D eigenvalue weighted by Crippen LogP contribution is 2.29. The van der Waals surface area contributed by atoms with E-state index in [1.54, 1.807) is 0 Å². The third-order valence-corrected chi connectivity index (χ3v) is 3.21. The minimum Gasteiger partial charge on any atom is -0.492 e. The predicted octanol–water partition coefficient (Wildman–Crippen LogP) is 3.10. The second-order valence-corrected chi connectivity index (χ2v) is 5.04. The van der Waals surface area contributed by atoms with Crippen LogP contribution in [-0.2, 0) is 6.54 Å². The van der Waals surface area contributed by atoms with Gasteiger partial charge in [-0.15, -0.1) is 0 Å². The summed E-state index contributed by atoms with van der Waals surface area (Å²) in [7, 11) is 0. The summed E-state index contributed by atoms with van der Waals surface area (Å²) in [6.45, 7) is 4.85. The Kier molecular flexibility index (Phi) is 8.05. The molecule has 3 nitrogen and oxygen atoms in total. The fourth-order valence-corrected chi connectivity index (χ4v) is 2.16. The van der Waals surface area contributed by atoms with Crippen LogP contribution in [0, 0.1) is 0 Å². The summed E-state index contributed by atoms with van der Waals surface area (Å²) in [4.78, 5) is 0. The molecule has 0 spiro atoms. The molecule has 0 heterocycles. The van der Waals surface area contributed by atoms with Crippen LogP contribution in [0.5, 0.6) is 5.75 Å². The second kappa shape index (κ2) is 9.36. The van der Waals surface area contributed by atoms with Crippen molar-refractivity contribution < 1.29 is 9.84 Å². The summed E-state index contributed by atoms with van der Waals surface area (Å²) in [5.74, 6) is 0.916. The number of para-hydroxylation sites is 1. The van der Waals surface area contributed by atoms with E-state index in [0.717, 1.165) is 42.6 Å². The molecule has 0 atom stereocenters. The van der Waals surface area contributed by atoms with Gasteiger partial charge in [-0.05, 0) is 47.8 Å². The zero-order valence-corrected chi connectivity index (χ0v) is 12.5. The highest BCUT2D eigenvalue weighted by molar-refractivity contribution is 9.10. The maximum atomic E-state index is 8.74. The number of halogens is 1. The van der Waals surface area contributed by atoms with Gasteiger partial charge < -0.3 is 15.2 Å². The van der Waals surface area contributed by atoms with E-state index in [-0.39, 0.29) is 6.61 Å². The standard InChI is InChI=1S/C14H22BrNO2/c1-2-8-16-11-12-6-5-7-13(15)14(12)18-10-4-3-9-17/h5-7,16-17H,2-4,8-11H2,1H3. The molecule has 1 aromatic carbocycles. The topological polar surface area (TPSA) is 41.5 Å². The number of benzene rings is 1.